The lowest BCUT2D eigenvalue weighted by Crippen LogP contribution is -2.29. The SMILES string of the molecule is CC(P(c1ccccc1C#N)c1ccccc1C#N)P(c1ccccc1C#N)c1ccccc1C#N. The molecule has 4 nitrogen and oxygen atoms in total. The molecule has 4 rings (SSSR count). The number of benzene rings is 4. The second kappa shape index (κ2) is 11.4. The van der Waals surface area contributed by atoms with E-state index in [0.29, 0.717) is 22.3 Å². The van der Waals surface area contributed by atoms with E-state index in [9.17, 15) is 21.0 Å². The van der Waals surface area contributed by atoms with E-state index in [-0.39, 0.29) is 5.40 Å². The summed E-state index contributed by atoms with van der Waals surface area (Å²) in [6, 6.07) is 39.5. The molecule has 0 N–H and O–H groups in total. The highest BCUT2D eigenvalue weighted by atomic mass is 31.2. The Morgan fingerprint density at radius 2 is 0.667 bits per heavy atom. The van der Waals surface area contributed by atoms with Gasteiger partial charge in [0.2, 0.25) is 0 Å². The summed E-state index contributed by atoms with van der Waals surface area (Å²) < 4.78 is 0. The molecule has 4 aromatic carbocycles. The van der Waals surface area contributed by atoms with Crippen LogP contribution in [0.1, 0.15) is 29.2 Å². The molecule has 0 atom stereocenters. The molecule has 0 amide bonds. The Hall–Kier alpha value is -4.30. The van der Waals surface area contributed by atoms with Crippen molar-refractivity contribution in [1.29, 1.82) is 21.0 Å². The fraction of sp³-hybridized carbons (Fsp3) is 0.0667. The van der Waals surface area contributed by atoms with Crippen LogP contribution in [0, 0.1) is 45.3 Å². The van der Waals surface area contributed by atoms with Crippen molar-refractivity contribution < 1.29 is 0 Å². The fourth-order valence-electron chi connectivity index (χ4n) is 4.29. The van der Waals surface area contributed by atoms with Gasteiger partial charge in [0.25, 0.3) is 0 Å². The molecule has 0 aliphatic carbocycles. The van der Waals surface area contributed by atoms with Crippen LogP contribution in [0.4, 0.5) is 0 Å². The Morgan fingerprint density at radius 3 is 0.889 bits per heavy atom. The summed E-state index contributed by atoms with van der Waals surface area (Å²) in [5.74, 6) is 0. The van der Waals surface area contributed by atoms with Crippen molar-refractivity contribution in [3.8, 4) is 24.3 Å². The van der Waals surface area contributed by atoms with Crippen LogP contribution in [0.5, 0.6) is 0 Å². The van der Waals surface area contributed by atoms with Crippen molar-refractivity contribution in [3.63, 3.8) is 0 Å². The van der Waals surface area contributed by atoms with Crippen LogP contribution >= 0.6 is 15.8 Å². The molecule has 0 saturated heterocycles. The van der Waals surface area contributed by atoms with Gasteiger partial charge in [-0.25, -0.2) is 0 Å². The highest BCUT2D eigenvalue weighted by Gasteiger charge is 2.34. The van der Waals surface area contributed by atoms with Crippen molar-refractivity contribution in [1.82, 2.24) is 0 Å². The summed E-state index contributed by atoms with van der Waals surface area (Å²) in [5, 5.41) is 43.4. The summed E-state index contributed by atoms with van der Waals surface area (Å²) in [5.41, 5.74) is 2.28. The van der Waals surface area contributed by atoms with Crippen LogP contribution in [-0.4, -0.2) is 5.40 Å². The Bertz CT molecular complexity index is 1350. The minimum atomic E-state index is -1.22. The highest BCUT2D eigenvalue weighted by molar-refractivity contribution is 7.89. The molecule has 0 unspecified atom stereocenters. The van der Waals surface area contributed by atoms with Gasteiger partial charge < -0.3 is 0 Å². The first kappa shape index (κ1) is 24.8. The third-order valence-corrected chi connectivity index (χ3v) is 12.4. The van der Waals surface area contributed by atoms with Crippen molar-refractivity contribution in [2.24, 2.45) is 0 Å². The monoisotopic (exact) mass is 498 g/mol. The van der Waals surface area contributed by atoms with Crippen LogP contribution in [0.3, 0.4) is 0 Å². The molecule has 0 fully saturated rings. The summed E-state index contributed by atoms with van der Waals surface area (Å²) in [7, 11) is -2.44. The van der Waals surface area contributed by atoms with Gasteiger partial charge in [0, 0.05) is 5.40 Å². The Balaban J connectivity index is 2.05. The van der Waals surface area contributed by atoms with E-state index in [1.807, 2.05) is 72.8 Å². The Kier molecular flexibility index (Phi) is 7.87. The lowest BCUT2D eigenvalue weighted by Gasteiger charge is -2.34. The molecular weight excluding hydrogens is 478 g/mol. The van der Waals surface area contributed by atoms with Crippen LogP contribution in [0.25, 0.3) is 0 Å². The standard InChI is InChI=1S/C30H20N4P2/c1-22(35(27-14-6-2-10-23(27)18-31)28-15-7-3-11-24(28)19-32)36(29-16-8-4-12-25(29)20-33)30-17-9-5-13-26(30)21-34/h2-17,22H,1H3. The molecule has 0 radical (unpaired) electrons. The summed E-state index contributed by atoms with van der Waals surface area (Å²) in [6.45, 7) is 2.13. The van der Waals surface area contributed by atoms with E-state index in [0.717, 1.165) is 21.2 Å². The fourth-order valence-corrected chi connectivity index (χ4v) is 11.4. The third kappa shape index (κ3) is 4.76. The molecule has 36 heavy (non-hydrogen) atoms. The Labute approximate surface area is 213 Å². The van der Waals surface area contributed by atoms with Crippen LogP contribution in [0.2, 0.25) is 0 Å². The minimum Gasteiger partial charge on any atom is -0.192 e. The number of nitrogens with zero attached hydrogens (tertiary/aromatic N) is 4. The summed E-state index contributed by atoms with van der Waals surface area (Å²) in [6.07, 6.45) is 0. The molecule has 0 heterocycles. The average Bonchev–Trinajstić information content (AvgIpc) is 2.94. The normalized spacial score (nSPS) is 10.4. The topological polar surface area (TPSA) is 95.2 Å². The van der Waals surface area contributed by atoms with E-state index in [1.165, 1.54) is 0 Å². The van der Waals surface area contributed by atoms with Crippen LogP contribution in [-0.2, 0) is 0 Å². The maximum absolute atomic E-state index is 9.97. The van der Waals surface area contributed by atoms with Gasteiger partial charge in [0.15, 0.2) is 0 Å². The van der Waals surface area contributed by atoms with Crippen LogP contribution < -0.4 is 21.2 Å². The third-order valence-electron chi connectivity index (χ3n) is 5.88. The van der Waals surface area contributed by atoms with Gasteiger partial charge in [0.05, 0.1) is 46.5 Å². The first-order valence-corrected chi connectivity index (χ1v) is 14.0. The predicted octanol–water partition coefficient (Wildman–Crippen LogP) is 5.08. The first-order chi connectivity index (χ1) is 17.6. The molecule has 6 heteroatoms. The van der Waals surface area contributed by atoms with E-state index >= 15 is 0 Å². The Morgan fingerprint density at radius 1 is 0.444 bits per heavy atom. The van der Waals surface area contributed by atoms with E-state index in [2.05, 4.69) is 31.2 Å². The highest BCUT2D eigenvalue weighted by Crippen LogP contribution is 2.57. The molecule has 0 bridgehead atoms. The van der Waals surface area contributed by atoms with Crippen molar-refractivity contribution in [2.45, 2.75) is 12.3 Å². The zero-order chi connectivity index (χ0) is 25.5. The predicted molar refractivity (Wildman–Crippen MR) is 146 cm³/mol. The van der Waals surface area contributed by atoms with E-state index < -0.39 is 15.8 Å². The van der Waals surface area contributed by atoms with Gasteiger partial charge in [-0.3, -0.25) is 0 Å². The summed E-state index contributed by atoms with van der Waals surface area (Å²) >= 11 is 0. The van der Waals surface area contributed by atoms with Crippen LogP contribution in [0.15, 0.2) is 97.1 Å². The molecule has 0 saturated carbocycles. The van der Waals surface area contributed by atoms with Gasteiger partial charge in [-0.1, -0.05) is 79.7 Å². The average molecular weight is 498 g/mol. The lowest BCUT2D eigenvalue weighted by atomic mass is 10.2. The second-order valence-electron chi connectivity index (χ2n) is 7.89. The van der Waals surface area contributed by atoms with E-state index in [1.54, 1.807) is 24.3 Å². The largest absolute Gasteiger partial charge is 0.192 e. The smallest absolute Gasteiger partial charge is 0.0998 e. The van der Waals surface area contributed by atoms with Crippen molar-refractivity contribution >= 4 is 37.1 Å². The number of hydrogen-bond acceptors (Lipinski definition) is 4. The molecular formula is C30H20N4P2. The number of hydrogen-bond donors (Lipinski definition) is 0. The number of rotatable bonds is 6. The first-order valence-electron chi connectivity index (χ1n) is 11.2. The molecule has 0 aromatic heterocycles. The zero-order valence-electron chi connectivity index (χ0n) is 19.5. The number of nitriles is 4. The quantitative estimate of drug-likeness (QED) is 0.346. The van der Waals surface area contributed by atoms with Gasteiger partial charge in [-0.2, -0.15) is 21.0 Å². The summed E-state index contributed by atoms with van der Waals surface area (Å²) in [4.78, 5) is 0. The van der Waals surface area contributed by atoms with Crippen molar-refractivity contribution in [2.75, 3.05) is 0 Å². The van der Waals surface area contributed by atoms with Gasteiger partial charge in [0.1, 0.15) is 0 Å². The maximum atomic E-state index is 9.97. The lowest BCUT2D eigenvalue weighted by molar-refractivity contribution is 1.37. The molecule has 0 aliphatic rings. The molecule has 0 spiro atoms. The van der Waals surface area contributed by atoms with Crippen molar-refractivity contribution in [3.05, 3.63) is 119 Å². The minimum absolute atomic E-state index is 0.0944. The molecule has 0 aliphatic heterocycles. The van der Waals surface area contributed by atoms with Gasteiger partial charge >= 0.3 is 0 Å². The molecule has 170 valence electrons. The molecule has 4 aromatic rings. The second-order valence-corrected chi connectivity index (χ2v) is 13.3. The van der Waals surface area contributed by atoms with E-state index in [4.69, 9.17) is 0 Å². The zero-order valence-corrected chi connectivity index (χ0v) is 21.3. The maximum Gasteiger partial charge on any atom is 0.0998 e. The van der Waals surface area contributed by atoms with Gasteiger partial charge in [-0.05, 0) is 61.3 Å². The van der Waals surface area contributed by atoms with Gasteiger partial charge in [-0.15, -0.1) is 0 Å².